The summed E-state index contributed by atoms with van der Waals surface area (Å²) in [4.78, 5) is 15.9. The highest BCUT2D eigenvalue weighted by Crippen LogP contribution is 2.17. The van der Waals surface area contributed by atoms with E-state index in [4.69, 9.17) is 4.42 Å². The molecule has 2 aromatic heterocycles. The largest absolute Gasteiger partial charge is 0.496 e. The fourth-order valence-corrected chi connectivity index (χ4v) is 1.67. The van der Waals surface area contributed by atoms with E-state index in [0.717, 1.165) is 5.39 Å². The molecule has 0 saturated carbocycles. The normalized spacial score (nSPS) is 10.6. The Bertz CT molecular complexity index is 717. The lowest BCUT2D eigenvalue weighted by Crippen LogP contribution is -2.03. The molecule has 0 atom stereocenters. The van der Waals surface area contributed by atoms with Gasteiger partial charge in [-0.25, -0.2) is 0 Å². The van der Waals surface area contributed by atoms with Crippen LogP contribution in [0.3, 0.4) is 0 Å². The fraction of sp³-hybridized carbons (Fsp3) is 0. The Labute approximate surface area is 97.4 Å². The SMILES string of the molecule is O=c1oc2ccccc2[c-]c1-c1ccccn1. The molecule has 17 heavy (non-hydrogen) atoms. The summed E-state index contributed by atoms with van der Waals surface area (Å²) in [6.45, 7) is 0. The van der Waals surface area contributed by atoms with Gasteiger partial charge in [0.1, 0.15) is 0 Å². The summed E-state index contributed by atoms with van der Waals surface area (Å²) in [5.41, 5.74) is 1.07. The number of hydrogen-bond donors (Lipinski definition) is 0. The first kappa shape index (κ1) is 9.78. The molecule has 0 radical (unpaired) electrons. The summed E-state index contributed by atoms with van der Waals surface area (Å²) in [5, 5.41) is 0.771. The molecule has 0 aliphatic rings. The molecule has 3 rings (SSSR count). The predicted molar refractivity (Wildman–Crippen MR) is 64.6 cm³/mol. The molecule has 82 valence electrons. The van der Waals surface area contributed by atoms with Crippen LogP contribution in [-0.2, 0) is 0 Å². The molecular weight excluding hydrogens is 214 g/mol. The molecule has 3 heteroatoms. The number of fused-ring (bicyclic) bond motifs is 1. The zero-order chi connectivity index (χ0) is 11.7. The smallest absolute Gasteiger partial charge is 0.268 e. The van der Waals surface area contributed by atoms with Crippen molar-refractivity contribution in [3.8, 4) is 11.3 Å². The molecule has 3 aromatic rings. The maximum Gasteiger partial charge on any atom is 0.268 e. The van der Waals surface area contributed by atoms with Gasteiger partial charge in [0.05, 0.1) is 5.58 Å². The van der Waals surface area contributed by atoms with Gasteiger partial charge in [-0.1, -0.05) is 35.7 Å². The monoisotopic (exact) mass is 222 g/mol. The third-order valence-electron chi connectivity index (χ3n) is 2.47. The number of benzene rings is 1. The number of hydrogen-bond acceptors (Lipinski definition) is 3. The van der Waals surface area contributed by atoms with Gasteiger partial charge in [-0.15, -0.1) is 12.1 Å². The Kier molecular flexibility index (Phi) is 2.22. The molecule has 0 spiro atoms. The second-order valence-corrected chi connectivity index (χ2v) is 3.60. The van der Waals surface area contributed by atoms with E-state index in [1.54, 1.807) is 24.4 Å². The highest BCUT2D eigenvalue weighted by atomic mass is 16.4. The van der Waals surface area contributed by atoms with Gasteiger partial charge in [0.2, 0.25) is 0 Å². The van der Waals surface area contributed by atoms with Crippen LogP contribution in [0.4, 0.5) is 0 Å². The first-order valence-corrected chi connectivity index (χ1v) is 5.21. The fourth-order valence-electron chi connectivity index (χ4n) is 1.67. The molecule has 0 unspecified atom stereocenters. The van der Waals surface area contributed by atoms with Crippen molar-refractivity contribution in [3.63, 3.8) is 0 Å². The van der Waals surface area contributed by atoms with E-state index in [1.165, 1.54) is 0 Å². The Morgan fingerprint density at radius 2 is 1.88 bits per heavy atom. The summed E-state index contributed by atoms with van der Waals surface area (Å²) in [6, 6.07) is 15.7. The van der Waals surface area contributed by atoms with Crippen LogP contribution in [0.2, 0.25) is 0 Å². The average molecular weight is 222 g/mol. The van der Waals surface area contributed by atoms with Crippen LogP contribution >= 0.6 is 0 Å². The standard InChI is InChI=1S/C14H8NO2/c16-14-11(12-6-3-4-8-15-12)9-10-5-1-2-7-13(10)17-14/h1-8H/q-1. The quantitative estimate of drug-likeness (QED) is 0.469. The Morgan fingerprint density at radius 1 is 1.06 bits per heavy atom. The van der Waals surface area contributed by atoms with Crippen molar-refractivity contribution >= 4 is 11.0 Å². The van der Waals surface area contributed by atoms with Crippen LogP contribution in [0, 0.1) is 6.07 Å². The summed E-state index contributed by atoms with van der Waals surface area (Å²) >= 11 is 0. The van der Waals surface area contributed by atoms with Crippen molar-refractivity contribution < 1.29 is 4.42 Å². The van der Waals surface area contributed by atoms with Crippen molar-refractivity contribution in [2.24, 2.45) is 0 Å². The summed E-state index contributed by atoms with van der Waals surface area (Å²) in [6.07, 6.45) is 1.64. The molecule has 0 fully saturated rings. The molecule has 1 aromatic carbocycles. The number of nitrogens with zero attached hydrogens (tertiary/aromatic N) is 1. The van der Waals surface area contributed by atoms with Crippen LogP contribution in [0.15, 0.2) is 57.9 Å². The second-order valence-electron chi connectivity index (χ2n) is 3.60. The van der Waals surface area contributed by atoms with Crippen molar-refractivity contribution in [2.75, 3.05) is 0 Å². The molecule has 0 amide bonds. The first-order valence-electron chi connectivity index (χ1n) is 5.21. The minimum absolute atomic E-state index is 0.365. The van der Waals surface area contributed by atoms with Gasteiger partial charge in [0.15, 0.2) is 0 Å². The number of aromatic nitrogens is 1. The van der Waals surface area contributed by atoms with E-state index in [0.29, 0.717) is 16.8 Å². The molecular formula is C14H8NO2-. The molecule has 0 aliphatic heterocycles. The van der Waals surface area contributed by atoms with E-state index >= 15 is 0 Å². The van der Waals surface area contributed by atoms with E-state index < -0.39 is 5.63 Å². The molecule has 0 bridgehead atoms. The predicted octanol–water partition coefficient (Wildman–Crippen LogP) is 2.66. The molecule has 3 nitrogen and oxygen atoms in total. The van der Waals surface area contributed by atoms with Crippen LogP contribution < -0.4 is 5.63 Å². The Balaban J connectivity index is 2.31. The van der Waals surface area contributed by atoms with Crippen molar-refractivity contribution in [1.82, 2.24) is 4.98 Å². The van der Waals surface area contributed by atoms with Gasteiger partial charge < -0.3 is 4.42 Å². The maximum atomic E-state index is 11.8. The number of rotatable bonds is 1. The lowest BCUT2D eigenvalue weighted by molar-refractivity contribution is 0.563. The van der Waals surface area contributed by atoms with Crippen LogP contribution in [0.25, 0.3) is 22.2 Å². The average Bonchev–Trinajstić information content (AvgIpc) is 2.39. The van der Waals surface area contributed by atoms with Crippen molar-refractivity contribution in [1.29, 1.82) is 0 Å². The Hall–Kier alpha value is -2.42. The van der Waals surface area contributed by atoms with Gasteiger partial charge >= 0.3 is 0 Å². The lowest BCUT2D eigenvalue weighted by Gasteiger charge is -2.07. The van der Waals surface area contributed by atoms with Crippen LogP contribution in [-0.4, -0.2) is 4.98 Å². The summed E-state index contributed by atoms with van der Waals surface area (Å²) in [5.74, 6) is 0. The molecule has 0 N–H and O–H groups in total. The number of para-hydroxylation sites is 1. The lowest BCUT2D eigenvalue weighted by atomic mass is 10.1. The van der Waals surface area contributed by atoms with Gasteiger partial charge in [-0.2, -0.15) is 0 Å². The van der Waals surface area contributed by atoms with E-state index in [-0.39, 0.29) is 0 Å². The second kappa shape index (κ2) is 3.87. The van der Waals surface area contributed by atoms with E-state index in [9.17, 15) is 4.79 Å². The van der Waals surface area contributed by atoms with Gasteiger partial charge in [-0.3, -0.25) is 9.78 Å². The highest BCUT2D eigenvalue weighted by Gasteiger charge is 2.00. The van der Waals surface area contributed by atoms with Gasteiger partial charge in [0.25, 0.3) is 5.63 Å². The van der Waals surface area contributed by atoms with Crippen molar-refractivity contribution in [2.45, 2.75) is 0 Å². The minimum Gasteiger partial charge on any atom is -0.496 e. The third kappa shape index (κ3) is 1.72. The molecule has 0 aliphatic carbocycles. The number of pyridine rings is 1. The van der Waals surface area contributed by atoms with E-state index in [2.05, 4.69) is 11.1 Å². The zero-order valence-electron chi connectivity index (χ0n) is 8.88. The van der Waals surface area contributed by atoms with Crippen molar-refractivity contribution in [3.05, 3.63) is 65.1 Å². The Morgan fingerprint density at radius 3 is 2.71 bits per heavy atom. The minimum atomic E-state index is -0.414. The first-order chi connectivity index (χ1) is 8.34. The third-order valence-corrected chi connectivity index (χ3v) is 2.47. The van der Waals surface area contributed by atoms with E-state index in [1.807, 2.05) is 24.3 Å². The topological polar surface area (TPSA) is 43.1 Å². The van der Waals surface area contributed by atoms with Gasteiger partial charge in [0, 0.05) is 11.9 Å². The van der Waals surface area contributed by atoms with Crippen LogP contribution in [0.1, 0.15) is 0 Å². The zero-order valence-corrected chi connectivity index (χ0v) is 8.88. The summed E-state index contributed by atoms with van der Waals surface area (Å²) < 4.78 is 5.22. The highest BCUT2D eigenvalue weighted by molar-refractivity contribution is 5.79. The van der Waals surface area contributed by atoms with Gasteiger partial charge in [-0.05, 0) is 11.6 Å². The molecule has 0 saturated heterocycles. The summed E-state index contributed by atoms with van der Waals surface area (Å²) in [7, 11) is 0. The molecule has 2 heterocycles. The van der Waals surface area contributed by atoms with Crippen LogP contribution in [0.5, 0.6) is 0 Å². The maximum absolute atomic E-state index is 11.8.